The van der Waals surface area contributed by atoms with Gasteiger partial charge in [0.25, 0.3) is 11.6 Å². The number of aromatic nitrogens is 2. The van der Waals surface area contributed by atoms with Gasteiger partial charge in [0.1, 0.15) is 5.56 Å². The van der Waals surface area contributed by atoms with Crippen LogP contribution in [0.25, 0.3) is 11.5 Å². The first kappa shape index (κ1) is 15.1. The van der Waals surface area contributed by atoms with Crippen molar-refractivity contribution in [1.29, 1.82) is 0 Å². The molecule has 0 spiro atoms. The lowest BCUT2D eigenvalue weighted by atomic mass is 10.2. The van der Waals surface area contributed by atoms with Gasteiger partial charge >= 0.3 is 0 Å². The van der Waals surface area contributed by atoms with E-state index in [2.05, 4.69) is 10.1 Å². The van der Waals surface area contributed by atoms with Crippen molar-refractivity contribution in [1.82, 2.24) is 10.1 Å². The molecule has 0 bridgehead atoms. The van der Waals surface area contributed by atoms with Gasteiger partial charge in [0, 0.05) is 6.07 Å². The first-order valence-electron chi connectivity index (χ1n) is 6.43. The van der Waals surface area contributed by atoms with E-state index in [1.807, 2.05) is 13.8 Å². The Morgan fingerprint density at radius 3 is 2.81 bits per heavy atom. The van der Waals surface area contributed by atoms with Crippen molar-refractivity contribution in [3.63, 3.8) is 0 Å². The van der Waals surface area contributed by atoms with Gasteiger partial charge in [0.05, 0.1) is 23.7 Å². The summed E-state index contributed by atoms with van der Waals surface area (Å²) in [6, 6.07) is 5.61. The maximum absolute atomic E-state index is 11.0. The largest absolute Gasteiger partial charge is 0.377 e. The van der Waals surface area contributed by atoms with Crippen molar-refractivity contribution in [3.05, 3.63) is 40.2 Å². The highest BCUT2D eigenvalue weighted by molar-refractivity contribution is 5.66. The third kappa shape index (κ3) is 3.61. The van der Waals surface area contributed by atoms with E-state index < -0.39 is 11.0 Å². The van der Waals surface area contributed by atoms with E-state index in [-0.39, 0.29) is 35.7 Å². The standard InChI is InChI=1S/C13H16N4O4/c1-8(2)20-7-10(14)12-15-13(21-16-12)9-5-3-4-6-11(9)17(18)19/h3-6,8,10H,7,14H2,1-2H3. The Hall–Kier alpha value is -2.32. The van der Waals surface area contributed by atoms with E-state index in [4.69, 9.17) is 15.0 Å². The number of hydrogen-bond acceptors (Lipinski definition) is 7. The summed E-state index contributed by atoms with van der Waals surface area (Å²) in [5.41, 5.74) is 6.05. The molecule has 0 saturated heterocycles. The molecule has 0 saturated carbocycles. The number of benzene rings is 1. The molecule has 8 nitrogen and oxygen atoms in total. The number of nitrogens with zero attached hydrogens (tertiary/aromatic N) is 3. The minimum atomic E-state index is -0.548. The summed E-state index contributed by atoms with van der Waals surface area (Å²) in [5.74, 6) is 0.320. The first-order valence-corrected chi connectivity index (χ1v) is 6.43. The summed E-state index contributed by atoms with van der Waals surface area (Å²) < 4.78 is 10.4. The van der Waals surface area contributed by atoms with Gasteiger partial charge in [-0.1, -0.05) is 17.3 Å². The molecule has 0 aliphatic heterocycles. The van der Waals surface area contributed by atoms with Crippen LogP contribution >= 0.6 is 0 Å². The normalized spacial score (nSPS) is 12.6. The van der Waals surface area contributed by atoms with Crippen LogP contribution in [0.5, 0.6) is 0 Å². The van der Waals surface area contributed by atoms with Gasteiger partial charge < -0.3 is 15.0 Å². The minimum absolute atomic E-state index is 0.0395. The number of nitro groups is 1. The van der Waals surface area contributed by atoms with E-state index in [1.165, 1.54) is 6.07 Å². The lowest BCUT2D eigenvalue weighted by Gasteiger charge is -2.10. The Bertz CT molecular complexity index is 626. The number of hydrogen-bond donors (Lipinski definition) is 1. The van der Waals surface area contributed by atoms with Crippen molar-refractivity contribution in [2.75, 3.05) is 6.61 Å². The molecule has 0 fully saturated rings. The molecular weight excluding hydrogens is 276 g/mol. The number of nitro benzene ring substituents is 1. The predicted molar refractivity (Wildman–Crippen MR) is 74.4 cm³/mol. The Morgan fingerprint density at radius 1 is 1.43 bits per heavy atom. The van der Waals surface area contributed by atoms with Crippen molar-refractivity contribution < 1.29 is 14.2 Å². The second-order valence-electron chi connectivity index (χ2n) is 4.72. The van der Waals surface area contributed by atoms with E-state index in [0.717, 1.165) is 0 Å². The van der Waals surface area contributed by atoms with Crippen LogP contribution in [-0.2, 0) is 4.74 Å². The highest BCUT2D eigenvalue weighted by Gasteiger charge is 2.22. The summed E-state index contributed by atoms with van der Waals surface area (Å²) in [4.78, 5) is 14.6. The SMILES string of the molecule is CC(C)OCC(N)c1noc(-c2ccccc2[N+](=O)[O-])n1. The van der Waals surface area contributed by atoms with E-state index in [0.29, 0.717) is 0 Å². The van der Waals surface area contributed by atoms with Gasteiger partial charge in [-0.3, -0.25) is 10.1 Å². The summed E-state index contributed by atoms with van der Waals surface area (Å²) >= 11 is 0. The van der Waals surface area contributed by atoms with Crippen LogP contribution in [0.3, 0.4) is 0 Å². The summed E-state index contributed by atoms with van der Waals surface area (Å²) in [6.07, 6.45) is 0.0395. The van der Waals surface area contributed by atoms with Crippen LogP contribution in [0.4, 0.5) is 5.69 Å². The lowest BCUT2D eigenvalue weighted by molar-refractivity contribution is -0.384. The zero-order valence-corrected chi connectivity index (χ0v) is 11.7. The highest BCUT2D eigenvalue weighted by Crippen LogP contribution is 2.28. The average molecular weight is 292 g/mol. The quantitative estimate of drug-likeness (QED) is 0.639. The van der Waals surface area contributed by atoms with Gasteiger partial charge in [-0.2, -0.15) is 4.98 Å². The zero-order chi connectivity index (χ0) is 15.4. The fourth-order valence-electron chi connectivity index (χ4n) is 1.68. The number of para-hydroxylation sites is 1. The van der Waals surface area contributed by atoms with Gasteiger partial charge in [0.15, 0.2) is 5.82 Å². The summed E-state index contributed by atoms with van der Waals surface area (Å²) in [6.45, 7) is 4.02. The van der Waals surface area contributed by atoms with Crippen LogP contribution in [0, 0.1) is 10.1 Å². The van der Waals surface area contributed by atoms with Crippen molar-refractivity contribution in [3.8, 4) is 11.5 Å². The minimum Gasteiger partial charge on any atom is -0.377 e. The monoisotopic (exact) mass is 292 g/mol. The molecule has 2 rings (SSSR count). The lowest BCUT2D eigenvalue weighted by Crippen LogP contribution is -2.20. The number of rotatable bonds is 6. The summed E-state index contributed by atoms with van der Waals surface area (Å²) in [5, 5.41) is 14.7. The second kappa shape index (κ2) is 6.42. The maximum atomic E-state index is 11.0. The van der Waals surface area contributed by atoms with Crippen LogP contribution in [0.2, 0.25) is 0 Å². The topological polar surface area (TPSA) is 117 Å². The Morgan fingerprint density at radius 2 is 2.14 bits per heavy atom. The number of ether oxygens (including phenoxy) is 1. The maximum Gasteiger partial charge on any atom is 0.282 e. The zero-order valence-electron chi connectivity index (χ0n) is 11.7. The van der Waals surface area contributed by atoms with Crippen molar-refractivity contribution in [2.45, 2.75) is 26.0 Å². The molecule has 1 heterocycles. The highest BCUT2D eigenvalue weighted by atomic mass is 16.6. The molecule has 1 aromatic carbocycles. The Labute approximate surface area is 121 Å². The van der Waals surface area contributed by atoms with Gasteiger partial charge in [0.2, 0.25) is 0 Å². The van der Waals surface area contributed by atoms with Gasteiger partial charge in [-0.15, -0.1) is 0 Å². The Kier molecular flexibility index (Phi) is 4.61. The van der Waals surface area contributed by atoms with E-state index in [1.54, 1.807) is 18.2 Å². The summed E-state index contributed by atoms with van der Waals surface area (Å²) in [7, 11) is 0. The Balaban J connectivity index is 2.22. The molecule has 2 aromatic rings. The van der Waals surface area contributed by atoms with E-state index in [9.17, 15) is 10.1 Å². The molecule has 21 heavy (non-hydrogen) atoms. The van der Waals surface area contributed by atoms with Gasteiger partial charge in [-0.25, -0.2) is 0 Å². The fraction of sp³-hybridized carbons (Fsp3) is 0.385. The molecule has 2 N–H and O–H groups in total. The van der Waals surface area contributed by atoms with E-state index >= 15 is 0 Å². The molecule has 1 aromatic heterocycles. The molecular formula is C13H16N4O4. The first-order chi connectivity index (χ1) is 9.99. The van der Waals surface area contributed by atoms with Crippen LogP contribution in [0.15, 0.2) is 28.8 Å². The third-order valence-corrected chi connectivity index (χ3v) is 2.71. The molecule has 0 aliphatic rings. The molecule has 112 valence electrons. The van der Waals surface area contributed by atoms with Crippen LogP contribution in [-0.4, -0.2) is 27.8 Å². The van der Waals surface area contributed by atoms with Crippen LogP contribution < -0.4 is 5.73 Å². The smallest absolute Gasteiger partial charge is 0.282 e. The second-order valence-corrected chi connectivity index (χ2v) is 4.72. The molecule has 0 radical (unpaired) electrons. The molecule has 8 heteroatoms. The third-order valence-electron chi connectivity index (χ3n) is 2.71. The van der Waals surface area contributed by atoms with Gasteiger partial charge in [-0.05, 0) is 19.9 Å². The molecule has 0 amide bonds. The number of nitrogens with two attached hydrogens (primary N) is 1. The fourth-order valence-corrected chi connectivity index (χ4v) is 1.68. The van der Waals surface area contributed by atoms with Crippen molar-refractivity contribution >= 4 is 5.69 Å². The average Bonchev–Trinajstić information content (AvgIpc) is 2.94. The molecule has 1 atom stereocenters. The predicted octanol–water partition coefficient (Wildman–Crippen LogP) is 2.07. The van der Waals surface area contributed by atoms with Crippen LogP contribution in [0.1, 0.15) is 25.7 Å². The molecule has 0 aliphatic carbocycles. The van der Waals surface area contributed by atoms with Crippen molar-refractivity contribution in [2.24, 2.45) is 5.73 Å². The molecule has 1 unspecified atom stereocenters.